The number of carbonyl (C=O) groups is 2. The van der Waals surface area contributed by atoms with Gasteiger partial charge in [0, 0.05) is 19.2 Å². The van der Waals surface area contributed by atoms with Gasteiger partial charge in [-0.3, -0.25) is 9.59 Å². The van der Waals surface area contributed by atoms with Crippen molar-refractivity contribution in [1.29, 1.82) is 0 Å². The molecule has 0 radical (unpaired) electrons. The molecule has 2 amide bonds. The molecule has 150 valence electrons. The van der Waals surface area contributed by atoms with E-state index in [0.29, 0.717) is 24.5 Å². The zero-order valence-corrected chi connectivity index (χ0v) is 17.2. The standard InChI is InChI=1S/C22H28N2O4/c1-15-6-8-19(16(2)12-15)24(17(3)25)14-22(26)23-11-10-18-7-9-20(27-4)21(13-18)28-5/h6-9,12-13H,10-11,14H2,1-5H3,(H,23,26). The summed E-state index contributed by atoms with van der Waals surface area (Å²) in [5.74, 6) is 0.961. The van der Waals surface area contributed by atoms with Gasteiger partial charge in [0.15, 0.2) is 11.5 Å². The van der Waals surface area contributed by atoms with Gasteiger partial charge < -0.3 is 19.7 Å². The number of anilines is 1. The normalized spacial score (nSPS) is 10.3. The fraction of sp³-hybridized carbons (Fsp3) is 0.364. The number of nitrogens with one attached hydrogen (secondary N) is 1. The lowest BCUT2D eigenvalue weighted by Gasteiger charge is -2.23. The average Bonchev–Trinajstić information content (AvgIpc) is 2.66. The van der Waals surface area contributed by atoms with Gasteiger partial charge in [-0.05, 0) is 49.6 Å². The number of hydrogen-bond acceptors (Lipinski definition) is 4. The number of ether oxygens (including phenoxy) is 2. The van der Waals surface area contributed by atoms with Gasteiger partial charge in [-0.1, -0.05) is 23.8 Å². The van der Waals surface area contributed by atoms with Gasteiger partial charge in [0.1, 0.15) is 6.54 Å². The third-order valence-corrected chi connectivity index (χ3v) is 4.51. The molecule has 0 unspecified atom stereocenters. The van der Waals surface area contributed by atoms with Crippen LogP contribution in [0.4, 0.5) is 5.69 Å². The monoisotopic (exact) mass is 384 g/mol. The lowest BCUT2D eigenvalue weighted by atomic mass is 10.1. The van der Waals surface area contributed by atoms with Crippen molar-refractivity contribution in [3.8, 4) is 11.5 Å². The Morgan fingerprint density at radius 2 is 1.71 bits per heavy atom. The van der Waals surface area contributed by atoms with Crippen molar-refractivity contribution >= 4 is 17.5 Å². The van der Waals surface area contributed by atoms with E-state index in [2.05, 4.69) is 5.32 Å². The fourth-order valence-corrected chi connectivity index (χ4v) is 3.06. The summed E-state index contributed by atoms with van der Waals surface area (Å²) in [6.45, 7) is 5.86. The van der Waals surface area contributed by atoms with Crippen LogP contribution in [0.1, 0.15) is 23.6 Å². The van der Waals surface area contributed by atoms with Gasteiger partial charge in [0.25, 0.3) is 0 Å². The highest BCUT2D eigenvalue weighted by molar-refractivity contribution is 5.98. The predicted molar refractivity (Wildman–Crippen MR) is 110 cm³/mol. The summed E-state index contributed by atoms with van der Waals surface area (Å²) in [5, 5.41) is 2.88. The van der Waals surface area contributed by atoms with Crippen LogP contribution in [0.5, 0.6) is 11.5 Å². The van der Waals surface area contributed by atoms with Crippen LogP contribution in [0, 0.1) is 13.8 Å². The van der Waals surface area contributed by atoms with Crippen molar-refractivity contribution in [1.82, 2.24) is 5.32 Å². The molecule has 0 aromatic heterocycles. The van der Waals surface area contributed by atoms with Crippen LogP contribution in [0.3, 0.4) is 0 Å². The lowest BCUT2D eigenvalue weighted by Crippen LogP contribution is -2.40. The van der Waals surface area contributed by atoms with E-state index >= 15 is 0 Å². The Hall–Kier alpha value is -3.02. The third kappa shape index (κ3) is 5.49. The molecule has 0 saturated carbocycles. The number of carbonyl (C=O) groups excluding carboxylic acids is 2. The van der Waals surface area contributed by atoms with Gasteiger partial charge in [-0.2, -0.15) is 0 Å². The van der Waals surface area contributed by atoms with E-state index < -0.39 is 0 Å². The zero-order chi connectivity index (χ0) is 20.7. The molecule has 2 aromatic carbocycles. The molecule has 0 aliphatic rings. The maximum atomic E-state index is 12.4. The predicted octanol–water partition coefficient (Wildman–Crippen LogP) is 3.03. The van der Waals surface area contributed by atoms with Crippen LogP contribution in [-0.4, -0.2) is 39.1 Å². The van der Waals surface area contributed by atoms with Gasteiger partial charge in [-0.25, -0.2) is 0 Å². The first kappa shape index (κ1) is 21.3. The molecule has 0 aliphatic heterocycles. The van der Waals surface area contributed by atoms with Crippen molar-refractivity contribution in [2.45, 2.75) is 27.2 Å². The van der Waals surface area contributed by atoms with Crippen molar-refractivity contribution < 1.29 is 19.1 Å². The number of benzene rings is 2. The Labute approximate surface area is 166 Å². The number of methoxy groups -OCH3 is 2. The Morgan fingerprint density at radius 1 is 1.00 bits per heavy atom. The second-order valence-corrected chi connectivity index (χ2v) is 6.68. The molecule has 2 aromatic rings. The molecule has 0 bridgehead atoms. The summed E-state index contributed by atoms with van der Waals surface area (Å²) in [5.41, 5.74) is 3.86. The molecule has 6 nitrogen and oxygen atoms in total. The van der Waals surface area contributed by atoms with Crippen LogP contribution in [-0.2, 0) is 16.0 Å². The van der Waals surface area contributed by atoms with Gasteiger partial charge in [0.2, 0.25) is 11.8 Å². The lowest BCUT2D eigenvalue weighted by molar-refractivity contribution is -0.123. The number of nitrogens with zero attached hydrogens (tertiary/aromatic N) is 1. The summed E-state index contributed by atoms with van der Waals surface area (Å²) in [7, 11) is 3.18. The molecule has 0 aliphatic carbocycles. The molecular weight excluding hydrogens is 356 g/mol. The SMILES string of the molecule is COc1ccc(CCNC(=O)CN(C(C)=O)c2ccc(C)cc2C)cc1OC. The molecule has 0 heterocycles. The highest BCUT2D eigenvalue weighted by atomic mass is 16.5. The fourth-order valence-electron chi connectivity index (χ4n) is 3.06. The van der Waals surface area contributed by atoms with Crippen molar-refractivity contribution in [2.75, 3.05) is 32.2 Å². The molecule has 28 heavy (non-hydrogen) atoms. The molecule has 0 atom stereocenters. The van der Waals surface area contributed by atoms with E-state index in [0.717, 1.165) is 22.4 Å². The summed E-state index contributed by atoms with van der Waals surface area (Å²) in [4.78, 5) is 25.9. The van der Waals surface area contributed by atoms with Crippen LogP contribution in [0.15, 0.2) is 36.4 Å². The first-order chi connectivity index (χ1) is 13.3. The topological polar surface area (TPSA) is 67.9 Å². The molecule has 0 saturated heterocycles. The van der Waals surface area contributed by atoms with E-state index in [1.54, 1.807) is 14.2 Å². The van der Waals surface area contributed by atoms with E-state index in [9.17, 15) is 9.59 Å². The first-order valence-electron chi connectivity index (χ1n) is 9.18. The summed E-state index contributed by atoms with van der Waals surface area (Å²) >= 11 is 0. The summed E-state index contributed by atoms with van der Waals surface area (Å²) in [6, 6.07) is 11.5. The maximum absolute atomic E-state index is 12.4. The highest BCUT2D eigenvalue weighted by Crippen LogP contribution is 2.27. The van der Waals surface area contributed by atoms with Crippen LogP contribution in [0.25, 0.3) is 0 Å². The van der Waals surface area contributed by atoms with Gasteiger partial charge >= 0.3 is 0 Å². The number of aryl methyl sites for hydroxylation is 2. The van der Waals surface area contributed by atoms with Crippen molar-refractivity contribution in [3.63, 3.8) is 0 Å². The van der Waals surface area contributed by atoms with Gasteiger partial charge in [0.05, 0.1) is 14.2 Å². The third-order valence-electron chi connectivity index (χ3n) is 4.51. The first-order valence-corrected chi connectivity index (χ1v) is 9.18. The molecule has 0 fully saturated rings. The Kier molecular flexibility index (Phi) is 7.44. The van der Waals surface area contributed by atoms with Crippen LogP contribution >= 0.6 is 0 Å². The molecule has 2 rings (SSSR count). The van der Waals surface area contributed by atoms with Crippen LogP contribution in [0.2, 0.25) is 0 Å². The average molecular weight is 384 g/mol. The zero-order valence-electron chi connectivity index (χ0n) is 17.2. The Morgan fingerprint density at radius 3 is 2.32 bits per heavy atom. The minimum absolute atomic E-state index is 0.00876. The second kappa shape index (κ2) is 9.78. The second-order valence-electron chi connectivity index (χ2n) is 6.68. The maximum Gasteiger partial charge on any atom is 0.240 e. The molecule has 6 heteroatoms. The van der Waals surface area contributed by atoms with E-state index in [1.807, 2.05) is 50.2 Å². The summed E-state index contributed by atoms with van der Waals surface area (Å²) in [6.07, 6.45) is 0.649. The number of hydrogen-bond donors (Lipinski definition) is 1. The molecular formula is C22H28N2O4. The Balaban J connectivity index is 1.96. The van der Waals surface area contributed by atoms with Crippen molar-refractivity contribution in [2.24, 2.45) is 0 Å². The quantitative estimate of drug-likeness (QED) is 0.760. The number of amides is 2. The minimum atomic E-state index is -0.198. The van der Waals surface area contributed by atoms with E-state index in [1.165, 1.54) is 11.8 Å². The van der Waals surface area contributed by atoms with Gasteiger partial charge in [-0.15, -0.1) is 0 Å². The summed E-state index contributed by atoms with van der Waals surface area (Å²) < 4.78 is 10.5. The van der Waals surface area contributed by atoms with E-state index in [4.69, 9.17) is 9.47 Å². The van der Waals surface area contributed by atoms with Crippen LogP contribution < -0.4 is 19.7 Å². The minimum Gasteiger partial charge on any atom is -0.493 e. The highest BCUT2D eigenvalue weighted by Gasteiger charge is 2.17. The van der Waals surface area contributed by atoms with Crippen molar-refractivity contribution in [3.05, 3.63) is 53.1 Å². The molecule has 0 spiro atoms. The number of rotatable bonds is 8. The molecule has 1 N–H and O–H groups in total. The van der Waals surface area contributed by atoms with E-state index in [-0.39, 0.29) is 18.4 Å². The Bertz CT molecular complexity index is 848. The smallest absolute Gasteiger partial charge is 0.240 e. The largest absolute Gasteiger partial charge is 0.493 e.